The Morgan fingerprint density at radius 1 is 1.14 bits per heavy atom. The Balaban J connectivity index is 1.90. The Kier molecular flexibility index (Phi) is 5.74. The molecule has 146 valence electrons. The lowest BCUT2D eigenvalue weighted by Gasteiger charge is -2.23. The van der Waals surface area contributed by atoms with Gasteiger partial charge in [-0.3, -0.25) is 18.6 Å². The first kappa shape index (κ1) is 19.9. The standard InChI is InChI=1S/C21H22N2O4S/c1-4-13-8-7-9-14(12(2)3)17(13)23-20(25)18(24)19-21(26)22-15-10-5-6-11-16(15)28(19)27/h5-12,19H,4H2,1-3H3,(H,22,26)(H,23,25)/t19-,28-/m0/s1. The van der Waals surface area contributed by atoms with Gasteiger partial charge in [-0.15, -0.1) is 0 Å². The summed E-state index contributed by atoms with van der Waals surface area (Å²) in [6.07, 6.45) is 0.674. The van der Waals surface area contributed by atoms with Crippen molar-refractivity contribution in [2.75, 3.05) is 10.6 Å². The predicted octanol–water partition coefficient (Wildman–Crippen LogP) is 3.01. The molecule has 3 rings (SSSR count). The number of hydrogen-bond donors (Lipinski definition) is 2. The number of Topliss-reactive ketones (excluding diaryl/α,β-unsaturated/α-hetero) is 1. The molecule has 28 heavy (non-hydrogen) atoms. The Hall–Kier alpha value is -2.80. The zero-order valence-corrected chi connectivity index (χ0v) is 16.8. The van der Waals surface area contributed by atoms with Crippen LogP contribution in [0.1, 0.15) is 37.8 Å². The molecule has 2 amide bonds. The molecule has 2 atom stereocenters. The summed E-state index contributed by atoms with van der Waals surface area (Å²) in [5.74, 6) is -2.54. The maximum Gasteiger partial charge on any atom is 0.293 e. The molecule has 0 unspecified atom stereocenters. The molecule has 2 aromatic rings. The summed E-state index contributed by atoms with van der Waals surface area (Å²) >= 11 is 0. The van der Waals surface area contributed by atoms with Crippen molar-refractivity contribution in [1.29, 1.82) is 0 Å². The van der Waals surface area contributed by atoms with Gasteiger partial charge >= 0.3 is 0 Å². The third-order valence-electron chi connectivity index (χ3n) is 4.70. The molecule has 6 nitrogen and oxygen atoms in total. The Morgan fingerprint density at radius 2 is 1.86 bits per heavy atom. The number of anilines is 2. The zero-order valence-electron chi connectivity index (χ0n) is 15.9. The van der Waals surface area contributed by atoms with E-state index in [1.165, 1.54) is 0 Å². The van der Waals surface area contributed by atoms with Gasteiger partial charge in [-0.05, 0) is 35.6 Å². The van der Waals surface area contributed by atoms with Crippen LogP contribution in [0.25, 0.3) is 0 Å². The molecule has 0 saturated heterocycles. The number of benzene rings is 2. The molecule has 0 fully saturated rings. The number of para-hydroxylation sites is 2. The van der Waals surface area contributed by atoms with Crippen LogP contribution in [0, 0.1) is 0 Å². The van der Waals surface area contributed by atoms with E-state index in [-0.39, 0.29) is 5.92 Å². The number of carbonyl (C=O) groups is 3. The van der Waals surface area contributed by atoms with Gasteiger partial charge in [-0.1, -0.05) is 51.1 Å². The molecule has 2 N–H and O–H groups in total. The Morgan fingerprint density at radius 3 is 2.54 bits per heavy atom. The van der Waals surface area contributed by atoms with Crippen molar-refractivity contribution < 1.29 is 18.6 Å². The average molecular weight is 398 g/mol. The number of carbonyl (C=O) groups excluding carboxylic acids is 3. The van der Waals surface area contributed by atoms with Crippen molar-refractivity contribution >= 4 is 39.8 Å². The van der Waals surface area contributed by atoms with Gasteiger partial charge in [0.25, 0.3) is 5.91 Å². The lowest BCUT2D eigenvalue weighted by atomic mass is 9.96. The van der Waals surface area contributed by atoms with Crippen LogP contribution in [-0.4, -0.2) is 27.1 Å². The first-order valence-corrected chi connectivity index (χ1v) is 10.3. The topological polar surface area (TPSA) is 92.3 Å². The minimum Gasteiger partial charge on any atom is -0.324 e. The largest absolute Gasteiger partial charge is 0.324 e. The van der Waals surface area contributed by atoms with Gasteiger partial charge in [0.15, 0.2) is 5.25 Å². The van der Waals surface area contributed by atoms with Gasteiger partial charge in [0.05, 0.1) is 21.4 Å². The second-order valence-electron chi connectivity index (χ2n) is 6.87. The minimum absolute atomic E-state index is 0.135. The van der Waals surface area contributed by atoms with Gasteiger partial charge in [0, 0.05) is 5.69 Å². The normalized spacial score (nSPS) is 18.4. The SMILES string of the molecule is CCc1cccc(C(C)C)c1NC(=O)C(=O)[C@H]1C(=O)Nc2ccccc2[S@@]1=O. The molecule has 1 aliphatic heterocycles. The molecule has 0 aromatic heterocycles. The summed E-state index contributed by atoms with van der Waals surface area (Å²) in [5.41, 5.74) is 2.78. The molecule has 0 aliphatic carbocycles. The number of ketones is 1. The van der Waals surface area contributed by atoms with E-state index in [0.29, 0.717) is 22.7 Å². The van der Waals surface area contributed by atoms with Crippen molar-refractivity contribution in [3.8, 4) is 0 Å². The van der Waals surface area contributed by atoms with Crippen LogP contribution in [0.5, 0.6) is 0 Å². The predicted molar refractivity (Wildman–Crippen MR) is 109 cm³/mol. The van der Waals surface area contributed by atoms with Crippen molar-refractivity contribution in [2.45, 2.75) is 43.3 Å². The molecular weight excluding hydrogens is 376 g/mol. The zero-order chi connectivity index (χ0) is 20.4. The summed E-state index contributed by atoms with van der Waals surface area (Å²) in [5, 5.41) is 3.67. The fraction of sp³-hybridized carbons (Fsp3) is 0.286. The fourth-order valence-electron chi connectivity index (χ4n) is 3.23. The highest BCUT2D eigenvalue weighted by molar-refractivity contribution is 7.87. The van der Waals surface area contributed by atoms with Crippen molar-refractivity contribution in [3.63, 3.8) is 0 Å². The van der Waals surface area contributed by atoms with Crippen LogP contribution in [0.15, 0.2) is 47.4 Å². The Bertz CT molecular complexity index is 984. The highest BCUT2D eigenvalue weighted by Crippen LogP contribution is 2.30. The number of aryl methyl sites for hydroxylation is 1. The number of rotatable bonds is 5. The van der Waals surface area contributed by atoms with E-state index in [1.807, 2.05) is 39.0 Å². The lowest BCUT2D eigenvalue weighted by molar-refractivity contribution is -0.136. The van der Waals surface area contributed by atoms with Gasteiger partial charge in [-0.25, -0.2) is 0 Å². The molecule has 0 spiro atoms. The summed E-state index contributed by atoms with van der Waals surface area (Å²) in [6.45, 7) is 5.94. The van der Waals surface area contributed by atoms with E-state index in [0.717, 1.165) is 11.1 Å². The molecule has 2 aromatic carbocycles. The molecule has 1 heterocycles. The fourth-order valence-corrected chi connectivity index (χ4v) is 4.58. The number of fused-ring (bicyclic) bond motifs is 1. The van der Waals surface area contributed by atoms with Crippen LogP contribution in [0.2, 0.25) is 0 Å². The molecule has 0 radical (unpaired) electrons. The second kappa shape index (κ2) is 8.06. The smallest absolute Gasteiger partial charge is 0.293 e. The van der Waals surface area contributed by atoms with Crippen molar-refractivity contribution in [2.24, 2.45) is 0 Å². The molecule has 7 heteroatoms. The van der Waals surface area contributed by atoms with Gasteiger partial charge in [-0.2, -0.15) is 0 Å². The first-order chi connectivity index (χ1) is 13.3. The van der Waals surface area contributed by atoms with E-state index in [2.05, 4.69) is 10.6 Å². The van der Waals surface area contributed by atoms with Gasteiger partial charge < -0.3 is 10.6 Å². The van der Waals surface area contributed by atoms with E-state index < -0.39 is 33.6 Å². The number of amides is 2. The van der Waals surface area contributed by atoms with E-state index in [4.69, 9.17) is 0 Å². The van der Waals surface area contributed by atoms with Gasteiger partial charge in [0.1, 0.15) is 0 Å². The Labute approximate surface area is 166 Å². The monoisotopic (exact) mass is 398 g/mol. The van der Waals surface area contributed by atoms with Crippen LogP contribution in [-0.2, 0) is 31.6 Å². The van der Waals surface area contributed by atoms with Crippen molar-refractivity contribution in [3.05, 3.63) is 53.6 Å². The van der Waals surface area contributed by atoms with E-state index in [1.54, 1.807) is 24.3 Å². The molecule has 1 aliphatic rings. The molecule has 0 bridgehead atoms. The third kappa shape index (κ3) is 3.62. The summed E-state index contributed by atoms with van der Waals surface area (Å²) in [4.78, 5) is 38.1. The van der Waals surface area contributed by atoms with Gasteiger partial charge in [0.2, 0.25) is 11.7 Å². The summed E-state index contributed by atoms with van der Waals surface area (Å²) < 4.78 is 12.8. The van der Waals surface area contributed by atoms with Crippen molar-refractivity contribution in [1.82, 2.24) is 0 Å². The van der Waals surface area contributed by atoms with Crippen LogP contribution in [0.3, 0.4) is 0 Å². The first-order valence-electron chi connectivity index (χ1n) is 9.12. The summed E-state index contributed by atoms with van der Waals surface area (Å²) in [7, 11) is -1.94. The van der Waals surface area contributed by atoms with Crippen LogP contribution in [0.4, 0.5) is 11.4 Å². The maximum atomic E-state index is 12.8. The quantitative estimate of drug-likeness (QED) is 0.598. The minimum atomic E-state index is -1.94. The number of hydrogen-bond acceptors (Lipinski definition) is 4. The highest BCUT2D eigenvalue weighted by Gasteiger charge is 2.41. The highest BCUT2D eigenvalue weighted by atomic mass is 32.2. The molecule has 0 saturated carbocycles. The second-order valence-corrected chi connectivity index (χ2v) is 8.38. The number of nitrogens with one attached hydrogen (secondary N) is 2. The van der Waals surface area contributed by atoms with Crippen LogP contribution >= 0.6 is 0 Å². The third-order valence-corrected chi connectivity index (χ3v) is 6.35. The van der Waals surface area contributed by atoms with E-state index in [9.17, 15) is 18.6 Å². The molecular formula is C21H22N2O4S. The summed E-state index contributed by atoms with van der Waals surface area (Å²) in [6, 6.07) is 12.2. The van der Waals surface area contributed by atoms with Crippen LogP contribution < -0.4 is 10.6 Å². The van der Waals surface area contributed by atoms with E-state index >= 15 is 0 Å². The lowest BCUT2D eigenvalue weighted by Crippen LogP contribution is -2.46. The maximum absolute atomic E-state index is 12.8. The average Bonchev–Trinajstić information content (AvgIpc) is 2.67.